The van der Waals surface area contributed by atoms with Gasteiger partial charge in [-0.15, -0.1) is 0 Å². The fourth-order valence-electron chi connectivity index (χ4n) is 2.80. The molecule has 1 aliphatic rings. The van der Waals surface area contributed by atoms with Gasteiger partial charge in [0.25, 0.3) is 0 Å². The number of aromatic nitrogens is 1. The molecule has 1 aliphatic heterocycles. The molecular weight excluding hydrogens is 228 g/mol. The fourth-order valence-corrected chi connectivity index (χ4v) is 2.80. The number of fused-ring (bicyclic) bond motifs is 3. The minimum absolute atomic E-state index is 0.0320. The molecule has 4 nitrogen and oxygen atoms in total. The van der Waals surface area contributed by atoms with Crippen LogP contribution in [0.2, 0.25) is 0 Å². The Morgan fingerprint density at radius 3 is 3.06 bits per heavy atom. The lowest BCUT2D eigenvalue weighted by Crippen LogP contribution is -2.29. The molecule has 4 rings (SSSR count). The molecule has 0 amide bonds. The van der Waals surface area contributed by atoms with Crippen LogP contribution in [0.1, 0.15) is 5.56 Å². The number of hydrogen-bond acceptors (Lipinski definition) is 3. The van der Waals surface area contributed by atoms with Crippen molar-refractivity contribution < 1.29 is 5.11 Å². The molecule has 1 N–H and O–H groups in total. The Labute approximate surface area is 102 Å². The molecule has 3 aromatic rings. The molecule has 0 spiro atoms. The molecule has 0 saturated carbocycles. The zero-order valence-corrected chi connectivity index (χ0v) is 9.55. The van der Waals surface area contributed by atoms with E-state index in [1.807, 2.05) is 10.5 Å². The summed E-state index contributed by atoms with van der Waals surface area (Å²) in [5.41, 5.74) is 2.95. The van der Waals surface area contributed by atoms with Crippen molar-refractivity contribution in [2.45, 2.75) is 6.42 Å². The molecule has 3 heterocycles. The SMILES string of the molecule is O=c1ccn2c3c(c4ccc(O)cc42)CCN=c13. The lowest BCUT2D eigenvalue weighted by Gasteiger charge is -2.04. The van der Waals surface area contributed by atoms with Crippen molar-refractivity contribution >= 4 is 16.4 Å². The van der Waals surface area contributed by atoms with E-state index in [9.17, 15) is 9.90 Å². The van der Waals surface area contributed by atoms with Gasteiger partial charge in [0.05, 0.1) is 11.0 Å². The first kappa shape index (κ1) is 9.65. The molecular formula is C14H10N2O2. The minimum atomic E-state index is -0.0320. The number of pyridine rings is 1. The van der Waals surface area contributed by atoms with E-state index in [-0.39, 0.29) is 11.2 Å². The highest BCUT2D eigenvalue weighted by Crippen LogP contribution is 2.28. The molecule has 0 radical (unpaired) electrons. The number of hydrogen-bond donors (Lipinski definition) is 1. The second kappa shape index (κ2) is 3.10. The molecule has 0 aliphatic carbocycles. The van der Waals surface area contributed by atoms with E-state index in [1.54, 1.807) is 18.3 Å². The summed E-state index contributed by atoms with van der Waals surface area (Å²) in [6.07, 6.45) is 2.60. The number of benzene rings is 1. The van der Waals surface area contributed by atoms with Crippen molar-refractivity contribution in [1.82, 2.24) is 4.40 Å². The summed E-state index contributed by atoms with van der Waals surface area (Å²) in [6.45, 7) is 0.655. The van der Waals surface area contributed by atoms with Gasteiger partial charge in [-0.25, -0.2) is 0 Å². The van der Waals surface area contributed by atoms with Gasteiger partial charge >= 0.3 is 0 Å². The third-order valence-electron chi connectivity index (χ3n) is 3.56. The summed E-state index contributed by atoms with van der Waals surface area (Å²) in [7, 11) is 0. The van der Waals surface area contributed by atoms with Gasteiger partial charge in [-0.05, 0) is 24.1 Å². The maximum atomic E-state index is 11.8. The number of nitrogens with zero attached hydrogens (tertiary/aromatic N) is 2. The molecule has 0 saturated heterocycles. The minimum Gasteiger partial charge on any atom is -0.508 e. The monoisotopic (exact) mass is 238 g/mol. The lowest BCUT2D eigenvalue weighted by atomic mass is 10.1. The fraction of sp³-hybridized carbons (Fsp3) is 0.143. The molecule has 4 heteroatoms. The van der Waals surface area contributed by atoms with Crippen LogP contribution >= 0.6 is 0 Å². The Bertz CT molecular complexity index is 909. The van der Waals surface area contributed by atoms with Gasteiger partial charge in [-0.2, -0.15) is 0 Å². The van der Waals surface area contributed by atoms with E-state index in [0.29, 0.717) is 11.9 Å². The summed E-state index contributed by atoms with van der Waals surface area (Å²) >= 11 is 0. The van der Waals surface area contributed by atoms with Crippen molar-refractivity contribution in [3.63, 3.8) is 0 Å². The van der Waals surface area contributed by atoms with E-state index in [4.69, 9.17) is 0 Å². The molecule has 0 atom stereocenters. The third-order valence-corrected chi connectivity index (χ3v) is 3.56. The van der Waals surface area contributed by atoms with Crippen LogP contribution in [-0.4, -0.2) is 16.1 Å². The Kier molecular flexibility index (Phi) is 1.66. The van der Waals surface area contributed by atoms with Crippen molar-refractivity contribution in [2.24, 2.45) is 4.99 Å². The first-order valence-corrected chi connectivity index (χ1v) is 5.89. The number of rotatable bonds is 0. The largest absolute Gasteiger partial charge is 0.508 e. The summed E-state index contributed by atoms with van der Waals surface area (Å²) in [5.74, 6) is 0.234. The van der Waals surface area contributed by atoms with Gasteiger partial charge < -0.3 is 9.51 Å². The molecule has 18 heavy (non-hydrogen) atoms. The third kappa shape index (κ3) is 1.05. The van der Waals surface area contributed by atoms with E-state index < -0.39 is 0 Å². The smallest absolute Gasteiger partial charge is 0.207 e. The van der Waals surface area contributed by atoms with E-state index >= 15 is 0 Å². The van der Waals surface area contributed by atoms with Crippen LogP contribution in [0.3, 0.4) is 0 Å². The molecule has 0 unspecified atom stereocenters. The van der Waals surface area contributed by atoms with Gasteiger partial charge in [0, 0.05) is 30.3 Å². The van der Waals surface area contributed by atoms with Crippen LogP contribution < -0.4 is 10.8 Å². The van der Waals surface area contributed by atoms with Gasteiger partial charge in [-0.1, -0.05) is 0 Å². The summed E-state index contributed by atoms with van der Waals surface area (Å²) < 4.78 is 1.95. The predicted octanol–water partition coefficient (Wildman–Crippen LogP) is 1.05. The van der Waals surface area contributed by atoms with Crippen molar-refractivity contribution in [3.8, 4) is 5.75 Å². The zero-order chi connectivity index (χ0) is 12.3. The second-order valence-corrected chi connectivity index (χ2v) is 4.56. The van der Waals surface area contributed by atoms with Gasteiger partial charge in [-0.3, -0.25) is 9.79 Å². The quantitative estimate of drug-likeness (QED) is 0.636. The molecule has 0 fully saturated rings. The van der Waals surface area contributed by atoms with Crippen molar-refractivity contribution in [2.75, 3.05) is 6.54 Å². The zero-order valence-electron chi connectivity index (χ0n) is 9.55. The first-order chi connectivity index (χ1) is 8.75. The Morgan fingerprint density at radius 1 is 1.28 bits per heavy atom. The first-order valence-electron chi connectivity index (χ1n) is 5.89. The van der Waals surface area contributed by atoms with E-state index in [1.165, 1.54) is 6.07 Å². The average Bonchev–Trinajstić information content (AvgIpc) is 2.69. The molecule has 1 aromatic carbocycles. The van der Waals surface area contributed by atoms with Crippen LogP contribution in [0.4, 0.5) is 0 Å². The van der Waals surface area contributed by atoms with E-state index in [2.05, 4.69) is 4.99 Å². The predicted molar refractivity (Wildman–Crippen MR) is 68.2 cm³/mol. The normalized spacial score (nSPS) is 14.0. The number of phenolic OH excluding ortho intramolecular Hbond substituents is 1. The van der Waals surface area contributed by atoms with Crippen molar-refractivity contribution in [1.29, 1.82) is 0 Å². The Hall–Kier alpha value is -2.36. The molecule has 88 valence electrons. The van der Waals surface area contributed by atoms with E-state index in [0.717, 1.165) is 28.4 Å². The van der Waals surface area contributed by atoms with Crippen LogP contribution in [0, 0.1) is 0 Å². The highest BCUT2D eigenvalue weighted by atomic mass is 16.3. The topological polar surface area (TPSA) is 54.1 Å². The van der Waals surface area contributed by atoms with Crippen LogP contribution in [-0.2, 0) is 6.42 Å². The number of aromatic hydroxyl groups is 1. The summed E-state index contributed by atoms with van der Waals surface area (Å²) in [5, 5.41) is 11.3. The van der Waals surface area contributed by atoms with Crippen LogP contribution in [0.5, 0.6) is 5.75 Å². The maximum absolute atomic E-state index is 11.8. The second-order valence-electron chi connectivity index (χ2n) is 4.56. The standard InChI is InChI=1S/C14H10N2O2/c17-8-1-2-9-10-3-5-15-13-12(18)4-6-16(14(10)13)11(9)7-8/h1-2,4,6-7,17H,3,5H2. The number of phenols is 1. The van der Waals surface area contributed by atoms with Gasteiger partial charge in [0.15, 0.2) is 0 Å². The summed E-state index contributed by atoms with van der Waals surface area (Å²) in [6, 6.07) is 6.85. The van der Waals surface area contributed by atoms with Gasteiger partial charge in [0.1, 0.15) is 11.1 Å². The molecule has 2 aromatic heterocycles. The highest BCUT2D eigenvalue weighted by Gasteiger charge is 2.17. The average molecular weight is 238 g/mol. The van der Waals surface area contributed by atoms with Crippen molar-refractivity contribution in [3.05, 3.63) is 51.6 Å². The lowest BCUT2D eigenvalue weighted by molar-refractivity contribution is 0.476. The highest BCUT2D eigenvalue weighted by molar-refractivity contribution is 5.93. The Balaban J connectivity index is 2.41. The molecule has 0 bridgehead atoms. The van der Waals surface area contributed by atoms with Crippen LogP contribution in [0.15, 0.2) is 40.2 Å². The summed E-state index contributed by atoms with van der Waals surface area (Å²) in [4.78, 5) is 16.2. The van der Waals surface area contributed by atoms with Gasteiger partial charge in [0.2, 0.25) is 5.43 Å². The Morgan fingerprint density at radius 2 is 2.17 bits per heavy atom. The van der Waals surface area contributed by atoms with Crippen LogP contribution in [0.25, 0.3) is 16.4 Å². The maximum Gasteiger partial charge on any atom is 0.207 e.